The first-order valence-corrected chi connectivity index (χ1v) is 12.1. The van der Waals surface area contributed by atoms with E-state index in [0.717, 1.165) is 18.2 Å². The molecular weight excluding hydrogens is 536 g/mol. The van der Waals surface area contributed by atoms with Gasteiger partial charge in [0.15, 0.2) is 24.8 Å². The summed E-state index contributed by atoms with van der Waals surface area (Å²) in [5.41, 5.74) is -1.60. The Morgan fingerprint density at radius 2 is 1.55 bits per heavy atom. The van der Waals surface area contributed by atoms with E-state index < -0.39 is 59.6 Å². The molecule has 38 heavy (non-hydrogen) atoms. The van der Waals surface area contributed by atoms with Crippen LogP contribution in [0.5, 0.6) is 17.2 Å². The minimum atomic E-state index is -3.22. The summed E-state index contributed by atoms with van der Waals surface area (Å²) in [5.74, 6) is -3.29. The van der Waals surface area contributed by atoms with Crippen LogP contribution in [0.2, 0.25) is 5.02 Å². The predicted molar refractivity (Wildman–Crippen MR) is 126 cm³/mol. The van der Waals surface area contributed by atoms with Gasteiger partial charge in [-0.25, -0.2) is 8.78 Å². The van der Waals surface area contributed by atoms with Gasteiger partial charge in [-0.2, -0.15) is 8.78 Å². The molecule has 0 saturated heterocycles. The number of carbonyl (C=O) groups is 2. The molecule has 3 aliphatic rings. The summed E-state index contributed by atoms with van der Waals surface area (Å²) in [6.07, 6.45) is 0.968. The zero-order valence-electron chi connectivity index (χ0n) is 19.9. The summed E-state index contributed by atoms with van der Waals surface area (Å²) in [6.45, 7) is -4.08. The van der Waals surface area contributed by atoms with E-state index in [1.165, 1.54) is 18.2 Å². The number of benzene rings is 2. The SMILES string of the molecule is O=C(COc1ccc(Cl)c(F)c1)NC12CCC(NC(=O)COc3ccc(F)c(OC(F)F)c3)(CC1)[C@@H](O)C2. The highest BCUT2D eigenvalue weighted by Crippen LogP contribution is 2.47. The van der Waals surface area contributed by atoms with Gasteiger partial charge in [-0.15, -0.1) is 0 Å². The number of fused-ring (bicyclic) bond motifs is 3. The minimum Gasteiger partial charge on any atom is -0.484 e. The number of hydrogen-bond donors (Lipinski definition) is 3. The van der Waals surface area contributed by atoms with Crippen LogP contribution >= 0.6 is 11.6 Å². The van der Waals surface area contributed by atoms with Crippen LogP contribution < -0.4 is 24.8 Å². The molecular formula is C25H25ClF4N2O6. The van der Waals surface area contributed by atoms with Gasteiger partial charge in [0.1, 0.15) is 17.3 Å². The Labute approximate surface area is 220 Å². The molecule has 13 heteroatoms. The zero-order chi connectivity index (χ0) is 27.5. The lowest BCUT2D eigenvalue weighted by Crippen LogP contribution is -2.70. The first-order valence-electron chi connectivity index (χ1n) is 11.7. The third-order valence-corrected chi connectivity index (χ3v) is 7.17. The molecule has 2 aromatic rings. The smallest absolute Gasteiger partial charge is 0.387 e. The number of amides is 2. The van der Waals surface area contributed by atoms with Gasteiger partial charge in [0.25, 0.3) is 11.8 Å². The predicted octanol–water partition coefficient (Wildman–Crippen LogP) is 3.73. The van der Waals surface area contributed by atoms with Gasteiger partial charge in [-0.1, -0.05) is 11.6 Å². The van der Waals surface area contributed by atoms with Crippen molar-refractivity contribution in [2.24, 2.45) is 0 Å². The fourth-order valence-corrected chi connectivity index (χ4v) is 5.05. The van der Waals surface area contributed by atoms with Crippen molar-refractivity contribution < 1.29 is 46.5 Å². The second-order valence-corrected chi connectivity index (χ2v) is 9.78. The Morgan fingerprint density at radius 1 is 0.947 bits per heavy atom. The standard InChI is InChI=1S/C25H25ClF4N2O6/c26-16-3-1-14(9-18(16)28)36-12-21(34)31-24-5-7-25(8-6-24,20(33)11-24)32-22(35)13-37-15-2-4-17(27)19(10-15)38-23(29)30/h1-4,9-10,20,23,33H,5-8,11-13H2,(H,31,34)(H,32,35)/t20-,24?,25?/m0/s1. The molecule has 3 fully saturated rings. The van der Waals surface area contributed by atoms with E-state index in [9.17, 15) is 32.3 Å². The van der Waals surface area contributed by atoms with Gasteiger partial charge < -0.3 is 30.0 Å². The Bertz CT molecular complexity index is 1190. The number of halogens is 5. The van der Waals surface area contributed by atoms with E-state index in [1.54, 1.807) is 0 Å². The lowest BCUT2D eigenvalue weighted by molar-refractivity contribution is -0.137. The van der Waals surface area contributed by atoms with Crippen molar-refractivity contribution in [2.45, 2.75) is 55.9 Å². The molecule has 0 unspecified atom stereocenters. The molecule has 8 nitrogen and oxygen atoms in total. The molecule has 0 spiro atoms. The number of aliphatic hydroxyl groups is 1. The van der Waals surface area contributed by atoms with Crippen molar-refractivity contribution in [1.82, 2.24) is 10.6 Å². The molecule has 0 radical (unpaired) electrons. The van der Waals surface area contributed by atoms with Crippen molar-refractivity contribution in [3.63, 3.8) is 0 Å². The maximum Gasteiger partial charge on any atom is 0.387 e. The van der Waals surface area contributed by atoms with Crippen LogP contribution in [0, 0.1) is 11.6 Å². The molecule has 2 aromatic carbocycles. The van der Waals surface area contributed by atoms with Crippen LogP contribution in [-0.2, 0) is 9.59 Å². The summed E-state index contributed by atoms with van der Waals surface area (Å²) in [7, 11) is 0. The summed E-state index contributed by atoms with van der Waals surface area (Å²) >= 11 is 5.64. The average Bonchev–Trinajstić information content (AvgIpc) is 2.86. The van der Waals surface area contributed by atoms with Gasteiger partial charge in [-0.05, 0) is 56.4 Å². The van der Waals surface area contributed by atoms with Crippen molar-refractivity contribution >= 4 is 23.4 Å². The summed E-state index contributed by atoms with van der Waals surface area (Å²) in [6, 6.07) is 6.79. The summed E-state index contributed by atoms with van der Waals surface area (Å²) in [5, 5.41) is 16.5. The lowest BCUT2D eigenvalue weighted by atomic mass is 9.60. The Morgan fingerprint density at radius 3 is 2.16 bits per heavy atom. The molecule has 3 aliphatic carbocycles. The Hall–Kier alpha value is -3.25. The lowest BCUT2D eigenvalue weighted by Gasteiger charge is -2.56. The fraction of sp³-hybridized carbons (Fsp3) is 0.440. The molecule has 1 atom stereocenters. The van der Waals surface area contributed by atoms with Gasteiger partial charge in [-0.3, -0.25) is 9.59 Å². The maximum atomic E-state index is 13.6. The van der Waals surface area contributed by atoms with Gasteiger partial charge in [0.05, 0.1) is 16.7 Å². The van der Waals surface area contributed by atoms with E-state index in [-0.39, 0.29) is 29.5 Å². The van der Waals surface area contributed by atoms with E-state index in [0.29, 0.717) is 25.7 Å². The molecule has 3 N–H and O–H groups in total. The van der Waals surface area contributed by atoms with Crippen LogP contribution in [0.15, 0.2) is 36.4 Å². The second kappa shape index (κ2) is 11.2. The second-order valence-electron chi connectivity index (χ2n) is 9.38. The van der Waals surface area contributed by atoms with Gasteiger partial charge >= 0.3 is 6.61 Å². The number of alkyl halides is 2. The van der Waals surface area contributed by atoms with E-state index >= 15 is 0 Å². The summed E-state index contributed by atoms with van der Waals surface area (Å²) in [4.78, 5) is 25.1. The number of rotatable bonds is 10. The van der Waals surface area contributed by atoms with Gasteiger partial charge in [0.2, 0.25) is 0 Å². The highest BCUT2D eigenvalue weighted by atomic mass is 35.5. The third-order valence-electron chi connectivity index (χ3n) is 6.86. The van der Waals surface area contributed by atoms with E-state index in [2.05, 4.69) is 15.4 Å². The highest BCUT2D eigenvalue weighted by molar-refractivity contribution is 6.30. The molecule has 2 bridgehead atoms. The monoisotopic (exact) mass is 560 g/mol. The first-order chi connectivity index (χ1) is 18.0. The van der Waals surface area contributed by atoms with E-state index in [4.69, 9.17) is 21.1 Å². The largest absolute Gasteiger partial charge is 0.484 e. The van der Waals surface area contributed by atoms with Crippen LogP contribution in [0.4, 0.5) is 17.6 Å². The number of nitrogens with one attached hydrogen (secondary N) is 2. The molecule has 5 rings (SSSR count). The van der Waals surface area contributed by atoms with Crippen LogP contribution in [0.25, 0.3) is 0 Å². The van der Waals surface area contributed by atoms with Crippen molar-refractivity contribution in [1.29, 1.82) is 0 Å². The highest BCUT2D eigenvalue weighted by Gasteiger charge is 2.55. The Kier molecular flexibility index (Phi) is 8.22. The molecule has 206 valence electrons. The number of carbonyl (C=O) groups excluding carboxylic acids is 2. The van der Waals surface area contributed by atoms with Crippen LogP contribution in [0.3, 0.4) is 0 Å². The molecule has 2 amide bonds. The van der Waals surface area contributed by atoms with E-state index in [1.807, 2.05) is 0 Å². The van der Waals surface area contributed by atoms with Gasteiger partial charge in [0, 0.05) is 17.7 Å². The average molecular weight is 561 g/mol. The van der Waals surface area contributed by atoms with Crippen molar-refractivity contribution in [3.05, 3.63) is 53.1 Å². The quantitative estimate of drug-likeness (QED) is 0.383. The van der Waals surface area contributed by atoms with Crippen LogP contribution in [0.1, 0.15) is 32.1 Å². The number of hydrogen-bond acceptors (Lipinski definition) is 6. The number of ether oxygens (including phenoxy) is 3. The topological polar surface area (TPSA) is 106 Å². The van der Waals surface area contributed by atoms with Crippen LogP contribution in [-0.4, -0.2) is 53.9 Å². The normalized spacial score (nSPS) is 24.1. The fourth-order valence-electron chi connectivity index (χ4n) is 4.93. The zero-order valence-corrected chi connectivity index (χ0v) is 20.7. The minimum absolute atomic E-state index is 0.0483. The molecule has 0 aromatic heterocycles. The molecule has 3 saturated carbocycles. The number of aliphatic hydroxyl groups excluding tert-OH is 1. The van der Waals surface area contributed by atoms with Crippen molar-refractivity contribution in [3.8, 4) is 17.2 Å². The Balaban J connectivity index is 1.27. The first kappa shape index (κ1) is 27.8. The maximum absolute atomic E-state index is 13.6. The van der Waals surface area contributed by atoms with Crippen molar-refractivity contribution in [2.75, 3.05) is 13.2 Å². The molecule has 0 heterocycles. The molecule has 0 aliphatic heterocycles. The third kappa shape index (κ3) is 6.41. The summed E-state index contributed by atoms with van der Waals surface area (Å²) < 4.78 is 66.6.